The Hall–Kier alpha value is -2.86. The predicted octanol–water partition coefficient (Wildman–Crippen LogP) is 3.60. The van der Waals surface area contributed by atoms with Crippen molar-refractivity contribution in [3.63, 3.8) is 0 Å². The number of nitrogens with zero attached hydrogens (tertiary/aromatic N) is 1. The van der Waals surface area contributed by atoms with Crippen molar-refractivity contribution < 1.29 is 19.0 Å². The molecule has 0 amide bonds. The second-order valence-corrected chi connectivity index (χ2v) is 6.92. The predicted molar refractivity (Wildman–Crippen MR) is 114 cm³/mol. The quantitative estimate of drug-likeness (QED) is 0.622. The summed E-state index contributed by atoms with van der Waals surface area (Å²) < 4.78 is 16.3. The summed E-state index contributed by atoms with van der Waals surface area (Å²) in [7, 11) is 3.18. The number of ketones is 1. The van der Waals surface area contributed by atoms with Gasteiger partial charge in [0.2, 0.25) is 0 Å². The van der Waals surface area contributed by atoms with Gasteiger partial charge in [0.15, 0.2) is 11.5 Å². The van der Waals surface area contributed by atoms with Gasteiger partial charge in [-0.05, 0) is 43.1 Å². The number of benzene rings is 2. The highest BCUT2D eigenvalue weighted by molar-refractivity contribution is 5.99. The minimum absolute atomic E-state index is 0.165. The number of rotatable bonds is 10. The first kappa shape index (κ1) is 20.9. The zero-order valence-electron chi connectivity index (χ0n) is 17.0. The van der Waals surface area contributed by atoms with Crippen LogP contribution in [0.5, 0.6) is 17.2 Å². The molecule has 1 heterocycles. The first-order valence-corrected chi connectivity index (χ1v) is 9.91. The summed E-state index contributed by atoms with van der Waals surface area (Å²) in [6.07, 6.45) is 3.81. The van der Waals surface area contributed by atoms with E-state index in [1.807, 2.05) is 42.5 Å². The Morgan fingerprint density at radius 3 is 2.59 bits per heavy atom. The Kier molecular flexibility index (Phi) is 7.64. The Morgan fingerprint density at radius 1 is 1.07 bits per heavy atom. The van der Waals surface area contributed by atoms with E-state index in [0.29, 0.717) is 24.5 Å². The van der Waals surface area contributed by atoms with Gasteiger partial charge in [0.05, 0.1) is 25.8 Å². The number of para-hydroxylation sites is 1. The van der Waals surface area contributed by atoms with E-state index in [4.69, 9.17) is 14.2 Å². The first-order valence-electron chi connectivity index (χ1n) is 9.91. The van der Waals surface area contributed by atoms with Crippen molar-refractivity contribution >= 4 is 17.7 Å². The van der Waals surface area contributed by atoms with E-state index >= 15 is 0 Å². The maximum atomic E-state index is 12.7. The van der Waals surface area contributed by atoms with Gasteiger partial charge in [0, 0.05) is 25.2 Å². The molecule has 1 atom stereocenters. The summed E-state index contributed by atoms with van der Waals surface area (Å²) in [6, 6.07) is 13.4. The summed E-state index contributed by atoms with van der Waals surface area (Å²) in [4.78, 5) is 17.2. The molecule has 6 nitrogen and oxygen atoms in total. The molecule has 0 spiro atoms. The van der Waals surface area contributed by atoms with Crippen LogP contribution >= 0.6 is 0 Å². The van der Waals surface area contributed by atoms with E-state index in [1.54, 1.807) is 20.4 Å². The standard InChI is InChI=1S/C23H28N2O4/c1-27-22-14-18-13-21(26)17(16-25-20(18)15-23(22)28-2)7-6-10-24-11-12-29-19-8-4-3-5-9-19/h3-5,8-9,14-17,24H,6-7,10-13H2,1-2H3. The molecule has 2 aromatic carbocycles. The fraction of sp³-hybridized carbons (Fsp3) is 0.391. The van der Waals surface area contributed by atoms with Crippen molar-refractivity contribution in [2.45, 2.75) is 19.3 Å². The number of hydrogen-bond donors (Lipinski definition) is 1. The summed E-state index contributed by atoms with van der Waals surface area (Å²) in [5.41, 5.74) is 1.65. The van der Waals surface area contributed by atoms with Crippen molar-refractivity contribution in [1.29, 1.82) is 0 Å². The highest BCUT2D eigenvalue weighted by Crippen LogP contribution is 2.36. The van der Waals surface area contributed by atoms with Crippen LogP contribution in [-0.2, 0) is 11.2 Å². The van der Waals surface area contributed by atoms with Gasteiger partial charge in [-0.2, -0.15) is 0 Å². The van der Waals surface area contributed by atoms with Gasteiger partial charge in [0.25, 0.3) is 0 Å². The molecule has 29 heavy (non-hydrogen) atoms. The van der Waals surface area contributed by atoms with Crippen molar-refractivity contribution in [3.8, 4) is 17.2 Å². The number of carbonyl (C=O) groups is 1. The molecule has 2 aromatic rings. The second kappa shape index (κ2) is 10.6. The van der Waals surface area contributed by atoms with Gasteiger partial charge < -0.3 is 19.5 Å². The third kappa shape index (κ3) is 5.81. The first-order chi connectivity index (χ1) is 14.2. The lowest BCUT2D eigenvalue weighted by atomic mass is 9.95. The van der Waals surface area contributed by atoms with Gasteiger partial charge in [-0.3, -0.25) is 9.79 Å². The minimum Gasteiger partial charge on any atom is -0.493 e. The highest BCUT2D eigenvalue weighted by Gasteiger charge is 2.22. The third-order valence-corrected chi connectivity index (χ3v) is 4.92. The van der Waals surface area contributed by atoms with Crippen molar-refractivity contribution in [2.75, 3.05) is 33.9 Å². The molecule has 3 rings (SSSR count). The van der Waals surface area contributed by atoms with Gasteiger partial charge in [-0.1, -0.05) is 18.2 Å². The molecule has 6 heteroatoms. The molecule has 0 bridgehead atoms. The molecular formula is C23H28N2O4. The van der Waals surface area contributed by atoms with Crippen LogP contribution in [0.25, 0.3) is 0 Å². The molecule has 1 aliphatic rings. The fourth-order valence-corrected chi connectivity index (χ4v) is 3.31. The smallest absolute Gasteiger partial charge is 0.162 e. The summed E-state index contributed by atoms with van der Waals surface area (Å²) in [5, 5.41) is 3.36. The Balaban J connectivity index is 1.43. The Bertz CT molecular complexity index is 836. The number of fused-ring (bicyclic) bond motifs is 1. The third-order valence-electron chi connectivity index (χ3n) is 4.92. The Morgan fingerprint density at radius 2 is 1.83 bits per heavy atom. The average Bonchev–Trinajstić information content (AvgIpc) is 2.90. The van der Waals surface area contributed by atoms with Crippen LogP contribution in [0.4, 0.5) is 5.69 Å². The fourth-order valence-electron chi connectivity index (χ4n) is 3.31. The lowest BCUT2D eigenvalue weighted by Gasteiger charge is -2.12. The number of ether oxygens (including phenoxy) is 3. The number of Topliss-reactive ketones (excluding diaryl/α,β-unsaturated/α-hetero) is 1. The SMILES string of the molecule is COc1cc2c(cc1OC)N=CC(CCCNCCOc1ccccc1)C(=O)C2. The van der Waals surface area contributed by atoms with Gasteiger partial charge in [-0.15, -0.1) is 0 Å². The maximum absolute atomic E-state index is 12.7. The number of carbonyl (C=O) groups excluding carboxylic acids is 1. The van der Waals surface area contributed by atoms with Crippen LogP contribution in [0.15, 0.2) is 47.5 Å². The van der Waals surface area contributed by atoms with Crippen LogP contribution in [0.1, 0.15) is 18.4 Å². The summed E-state index contributed by atoms with van der Waals surface area (Å²) >= 11 is 0. The molecule has 1 unspecified atom stereocenters. The van der Waals surface area contributed by atoms with E-state index in [1.165, 1.54) is 0 Å². The van der Waals surface area contributed by atoms with E-state index in [-0.39, 0.29) is 11.7 Å². The number of hydrogen-bond acceptors (Lipinski definition) is 6. The molecule has 0 fully saturated rings. The zero-order valence-corrected chi connectivity index (χ0v) is 17.0. The van der Waals surface area contributed by atoms with Crippen LogP contribution in [0.2, 0.25) is 0 Å². The van der Waals surface area contributed by atoms with Crippen LogP contribution in [0, 0.1) is 5.92 Å². The molecule has 0 saturated heterocycles. The zero-order chi connectivity index (χ0) is 20.5. The number of aliphatic imine (C=N–C) groups is 1. The van der Waals surface area contributed by atoms with Crippen molar-refractivity contribution in [3.05, 3.63) is 48.0 Å². The highest BCUT2D eigenvalue weighted by atomic mass is 16.5. The molecule has 0 radical (unpaired) electrons. The molecule has 0 aliphatic carbocycles. The normalized spacial score (nSPS) is 15.5. The lowest BCUT2D eigenvalue weighted by Crippen LogP contribution is -2.24. The number of methoxy groups -OCH3 is 2. The monoisotopic (exact) mass is 396 g/mol. The average molecular weight is 396 g/mol. The molecule has 0 aromatic heterocycles. The lowest BCUT2D eigenvalue weighted by molar-refractivity contribution is -0.120. The van der Waals surface area contributed by atoms with Crippen LogP contribution in [0.3, 0.4) is 0 Å². The minimum atomic E-state index is -0.165. The van der Waals surface area contributed by atoms with Crippen LogP contribution in [-0.4, -0.2) is 45.9 Å². The van der Waals surface area contributed by atoms with Crippen LogP contribution < -0.4 is 19.5 Å². The summed E-state index contributed by atoms with van der Waals surface area (Å²) in [5.74, 6) is 2.14. The van der Waals surface area contributed by atoms with Gasteiger partial charge >= 0.3 is 0 Å². The number of nitrogens with one attached hydrogen (secondary N) is 1. The van der Waals surface area contributed by atoms with E-state index in [0.717, 1.165) is 42.9 Å². The Labute approximate surface area is 171 Å². The van der Waals surface area contributed by atoms with E-state index in [9.17, 15) is 4.79 Å². The molecule has 1 aliphatic heterocycles. The largest absolute Gasteiger partial charge is 0.493 e. The summed E-state index contributed by atoms with van der Waals surface area (Å²) in [6.45, 7) is 2.23. The molecular weight excluding hydrogens is 368 g/mol. The van der Waals surface area contributed by atoms with Gasteiger partial charge in [0.1, 0.15) is 18.1 Å². The van der Waals surface area contributed by atoms with E-state index < -0.39 is 0 Å². The topological polar surface area (TPSA) is 69.2 Å². The van der Waals surface area contributed by atoms with Crippen molar-refractivity contribution in [2.24, 2.45) is 10.9 Å². The maximum Gasteiger partial charge on any atom is 0.162 e. The van der Waals surface area contributed by atoms with Crippen molar-refractivity contribution in [1.82, 2.24) is 5.32 Å². The second-order valence-electron chi connectivity index (χ2n) is 6.92. The van der Waals surface area contributed by atoms with Gasteiger partial charge in [-0.25, -0.2) is 0 Å². The molecule has 1 N–H and O–H groups in total. The molecule has 0 saturated carbocycles. The molecule has 154 valence electrons. The van der Waals surface area contributed by atoms with E-state index in [2.05, 4.69) is 10.3 Å².